The molecule has 1 aromatic rings. The molecule has 7 heteroatoms. The number of carbonyl (C=O) groups is 1. The predicted octanol–water partition coefficient (Wildman–Crippen LogP) is 3.06. The highest BCUT2D eigenvalue weighted by atomic mass is 19.4. The van der Waals surface area contributed by atoms with Crippen molar-refractivity contribution in [2.45, 2.75) is 45.0 Å². The number of halogens is 3. The van der Waals surface area contributed by atoms with Crippen LogP contribution < -0.4 is 10.5 Å². The van der Waals surface area contributed by atoms with Crippen molar-refractivity contribution in [1.82, 2.24) is 4.90 Å². The third kappa shape index (κ3) is 4.20. The van der Waals surface area contributed by atoms with Crippen molar-refractivity contribution in [3.63, 3.8) is 0 Å². The average molecular weight is 344 g/mol. The Balaban J connectivity index is 2.12. The van der Waals surface area contributed by atoms with Crippen molar-refractivity contribution in [3.8, 4) is 5.75 Å². The van der Waals surface area contributed by atoms with Crippen LogP contribution in [0.25, 0.3) is 0 Å². The van der Waals surface area contributed by atoms with Crippen LogP contribution in [0.1, 0.15) is 32.3 Å². The molecule has 1 aliphatic heterocycles. The molecule has 4 nitrogen and oxygen atoms in total. The molecule has 0 aliphatic carbocycles. The van der Waals surface area contributed by atoms with Gasteiger partial charge >= 0.3 is 6.18 Å². The largest absolute Gasteiger partial charge is 0.480 e. The summed E-state index contributed by atoms with van der Waals surface area (Å²) in [6.45, 7) is 4.46. The van der Waals surface area contributed by atoms with Crippen molar-refractivity contribution >= 4 is 5.91 Å². The molecule has 0 bridgehead atoms. The molecule has 3 unspecified atom stereocenters. The third-order valence-electron chi connectivity index (χ3n) is 4.38. The number of hydrogen-bond acceptors (Lipinski definition) is 3. The highest BCUT2D eigenvalue weighted by Crippen LogP contribution is 2.36. The Morgan fingerprint density at radius 1 is 1.42 bits per heavy atom. The van der Waals surface area contributed by atoms with Crippen LogP contribution >= 0.6 is 0 Å². The summed E-state index contributed by atoms with van der Waals surface area (Å²) < 4.78 is 44.4. The lowest BCUT2D eigenvalue weighted by Gasteiger charge is -2.39. The van der Waals surface area contributed by atoms with Gasteiger partial charge in [0.2, 0.25) is 0 Å². The maximum atomic E-state index is 13.0. The van der Waals surface area contributed by atoms with E-state index in [1.807, 2.05) is 0 Å². The molecular formula is C17H23F3N2O2. The molecule has 2 rings (SSSR count). The summed E-state index contributed by atoms with van der Waals surface area (Å²) in [7, 11) is 0. The van der Waals surface area contributed by atoms with E-state index in [1.165, 1.54) is 25.1 Å². The number of likely N-dealkylation sites (tertiary alicyclic amines) is 1. The normalized spacial score (nSPS) is 23.0. The molecule has 1 amide bonds. The minimum atomic E-state index is -4.53. The summed E-state index contributed by atoms with van der Waals surface area (Å²) in [6.07, 6.45) is -3.88. The van der Waals surface area contributed by atoms with Gasteiger partial charge in [0.15, 0.2) is 6.10 Å². The molecular weight excluding hydrogens is 321 g/mol. The van der Waals surface area contributed by atoms with E-state index in [1.54, 1.807) is 4.90 Å². The minimum Gasteiger partial charge on any atom is -0.480 e. The number of para-hydroxylation sites is 1. The van der Waals surface area contributed by atoms with Gasteiger partial charge in [0.25, 0.3) is 5.91 Å². The first-order valence-corrected chi connectivity index (χ1v) is 8.07. The SMILES string of the molecule is CC1CCN(C(=O)C(C)Oc2ccccc2C(F)(F)F)C(CN)C1. The summed E-state index contributed by atoms with van der Waals surface area (Å²) in [5.74, 6) is -0.181. The molecule has 0 saturated carbocycles. The number of alkyl halides is 3. The van der Waals surface area contributed by atoms with Gasteiger partial charge in [-0.2, -0.15) is 13.2 Å². The minimum absolute atomic E-state index is 0.0924. The molecule has 134 valence electrons. The van der Waals surface area contributed by atoms with Gasteiger partial charge in [0, 0.05) is 19.1 Å². The van der Waals surface area contributed by atoms with Crippen LogP contribution in [0, 0.1) is 5.92 Å². The summed E-state index contributed by atoms with van der Waals surface area (Å²) in [4.78, 5) is 14.2. The number of benzene rings is 1. The molecule has 1 fully saturated rings. The van der Waals surface area contributed by atoms with E-state index >= 15 is 0 Å². The maximum Gasteiger partial charge on any atom is 0.419 e. The molecule has 0 aromatic heterocycles. The quantitative estimate of drug-likeness (QED) is 0.913. The first-order valence-electron chi connectivity index (χ1n) is 8.07. The van der Waals surface area contributed by atoms with Crippen LogP contribution in [0.2, 0.25) is 0 Å². The molecule has 1 saturated heterocycles. The van der Waals surface area contributed by atoms with E-state index < -0.39 is 17.8 Å². The van der Waals surface area contributed by atoms with Crippen LogP contribution in [-0.2, 0) is 11.0 Å². The highest BCUT2D eigenvalue weighted by Gasteiger charge is 2.36. The van der Waals surface area contributed by atoms with Crippen molar-refractivity contribution in [2.24, 2.45) is 11.7 Å². The smallest absolute Gasteiger partial charge is 0.419 e. The predicted molar refractivity (Wildman–Crippen MR) is 84.5 cm³/mol. The first-order chi connectivity index (χ1) is 11.2. The Hall–Kier alpha value is -1.76. The lowest BCUT2D eigenvalue weighted by molar-refractivity contribution is -0.145. The monoisotopic (exact) mass is 344 g/mol. The van der Waals surface area contributed by atoms with Gasteiger partial charge in [-0.1, -0.05) is 19.1 Å². The van der Waals surface area contributed by atoms with Crippen LogP contribution in [0.15, 0.2) is 24.3 Å². The van der Waals surface area contributed by atoms with E-state index in [2.05, 4.69) is 6.92 Å². The zero-order chi connectivity index (χ0) is 17.9. The van der Waals surface area contributed by atoms with E-state index in [4.69, 9.17) is 10.5 Å². The Morgan fingerprint density at radius 3 is 2.71 bits per heavy atom. The Kier molecular flexibility index (Phi) is 5.74. The summed E-state index contributed by atoms with van der Waals surface area (Å²) >= 11 is 0. The van der Waals surface area contributed by atoms with Gasteiger partial charge in [-0.15, -0.1) is 0 Å². The molecule has 0 radical (unpaired) electrons. The molecule has 1 heterocycles. The van der Waals surface area contributed by atoms with Crippen molar-refractivity contribution in [2.75, 3.05) is 13.1 Å². The van der Waals surface area contributed by atoms with Gasteiger partial charge in [-0.25, -0.2) is 0 Å². The fourth-order valence-corrected chi connectivity index (χ4v) is 3.04. The number of amides is 1. The molecule has 3 atom stereocenters. The van der Waals surface area contributed by atoms with Crippen molar-refractivity contribution in [1.29, 1.82) is 0 Å². The standard InChI is InChI=1S/C17H23F3N2O2/c1-11-7-8-22(13(9-11)10-21)16(23)12(2)24-15-6-4-3-5-14(15)17(18,19)20/h3-6,11-13H,7-10,21H2,1-2H3. The van der Waals surface area contributed by atoms with Crippen LogP contribution in [0.3, 0.4) is 0 Å². The lowest BCUT2D eigenvalue weighted by atomic mass is 9.92. The Labute approximate surface area is 139 Å². The van der Waals surface area contributed by atoms with Gasteiger partial charge in [-0.3, -0.25) is 4.79 Å². The van der Waals surface area contributed by atoms with Gasteiger partial charge in [-0.05, 0) is 37.8 Å². The number of nitrogens with two attached hydrogens (primary N) is 1. The van der Waals surface area contributed by atoms with E-state index in [9.17, 15) is 18.0 Å². The topological polar surface area (TPSA) is 55.6 Å². The summed E-state index contributed by atoms with van der Waals surface area (Å²) in [6, 6.07) is 4.82. The molecule has 1 aliphatic rings. The molecule has 1 aromatic carbocycles. The molecule has 24 heavy (non-hydrogen) atoms. The second-order valence-electron chi connectivity index (χ2n) is 6.30. The van der Waals surface area contributed by atoms with Crippen LogP contribution in [0.4, 0.5) is 13.2 Å². The van der Waals surface area contributed by atoms with E-state index in [-0.39, 0.29) is 17.7 Å². The number of nitrogens with zero attached hydrogens (tertiary/aromatic N) is 1. The molecule has 0 spiro atoms. The number of rotatable bonds is 4. The van der Waals surface area contributed by atoms with Gasteiger partial charge in [0.1, 0.15) is 5.75 Å². The highest BCUT2D eigenvalue weighted by molar-refractivity contribution is 5.81. The molecule has 2 N–H and O–H groups in total. The zero-order valence-electron chi connectivity index (χ0n) is 13.8. The van der Waals surface area contributed by atoms with E-state index in [0.717, 1.165) is 18.9 Å². The Morgan fingerprint density at radius 2 is 2.08 bits per heavy atom. The lowest BCUT2D eigenvalue weighted by Crippen LogP contribution is -2.53. The summed E-state index contributed by atoms with van der Waals surface area (Å²) in [5.41, 5.74) is 4.86. The first kappa shape index (κ1) is 18.6. The number of ether oxygens (including phenoxy) is 1. The van der Waals surface area contributed by atoms with E-state index in [0.29, 0.717) is 19.0 Å². The van der Waals surface area contributed by atoms with Gasteiger partial charge in [0.05, 0.1) is 5.56 Å². The fraction of sp³-hybridized carbons (Fsp3) is 0.588. The summed E-state index contributed by atoms with van der Waals surface area (Å²) in [5, 5.41) is 0. The second-order valence-corrected chi connectivity index (χ2v) is 6.30. The Bertz CT molecular complexity index is 577. The maximum absolute atomic E-state index is 13.0. The van der Waals surface area contributed by atoms with Crippen LogP contribution in [0.5, 0.6) is 5.75 Å². The van der Waals surface area contributed by atoms with Crippen LogP contribution in [-0.4, -0.2) is 36.0 Å². The number of piperidine rings is 1. The second kappa shape index (κ2) is 7.42. The number of carbonyl (C=O) groups excluding carboxylic acids is 1. The van der Waals surface area contributed by atoms with Crippen molar-refractivity contribution < 1.29 is 22.7 Å². The number of hydrogen-bond donors (Lipinski definition) is 1. The average Bonchev–Trinajstić information content (AvgIpc) is 2.53. The van der Waals surface area contributed by atoms with Crippen molar-refractivity contribution in [3.05, 3.63) is 29.8 Å². The zero-order valence-corrected chi connectivity index (χ0v) is 13.8. The third-order valence-corrected chi connectivity index (χ3v) is 4.38. The van der Waals surface area contributed by atoms with Gasteiger partial charge < -0.3 is 15.4 Å². The fourth-order valence-electron chi connectivity index (χ4n) is 3.04.